The molecule has 2 rings (SSSR count). The average Bonchev–Trinajstić information content (AvgIpc) is 2.64. The highest BCUT2D eigenvalue weighted by atomic mass is 79.9. The first-order chi connectivity index (χ1) is 8.02. The maximum absolute atomic E-state index is 5.85. The minimum Gasteiger partial charge on any atom is -0.323 e. The normalized spacial score (nSPS) is 12.8. The fourth-order valence-electron chi connectivity index (χ4n) is 1.79. The molecule has 0 aliphatic heterocycles. The Morgan fingerprint density at radius 3 is 2.65 bits per heavy atom. The van der Waals surface area contributed by atoms with Gasteiger partial charge in [-0.25, -0.2) is 4.68 Å². The molecule has 0 aliphatic carbocycles. The molecule has 0 radical (unpaired) electrons. The van der Waals surface area contributed by atoms with Gasteiger partial charge >= 0.3 is 0 Å². The van der Waals surface area contributed by atoms with E-state index >= 15 is 0 Å². The number of nitrogens with two attached hydrogens (primary N) is 1. The zero-order valence-corrected chi connectivity index (χ0v) is 11.7. The van der Waals surface area contributed by atoms with Gasteiger partial charge in [-0.2, -0.15) is 0 Å². The van der Waals surface area contributed by atoms with Crippen molar-refractivity contribution in [1.82, 2.24) is 15.0 Å². The Balaban J connectivity index is 2.58. The van der Waals surface area contributed by atoms with E-state index in [1.807, 2.05) is 43.7 Å². The molecule has 90 valence electrons. The molecule has 1 unspecified atom stereocenters. The first kappa shape index (κ1) is 12.3. The highest BCUT2D eigenvalue weighted by Crippen LogP contribution is 2.26. The molecule has 0 spiro atoms. The highest BCUT2D eigenvalue weighted by Gasteiger charge is 2.15. The summed E-state index contributed by atoms with van der Waals surface area (Å²) in [6, 6.07) is 5.95. The van der Waals surface area contributed by atoms with Gasteiger partial charge in [-0.3, -0.25) is 0 Å². The van der Waals surface area contributed by atoms with Gasteiger partial charge in [-0.15, -0.1) is 5.10 Å². The topological polar surface area (TPSA) is 56.7 Å². The summed E-state index contributed by atoms with van der Waals surface area (Å²) in [6.07, 6.45) is 0. The standard InChI is InChI=1S/C12H15BrN4/c1-7-5-4-6-10(11(7)13)17-9(3)12(8(2)14)15-16-17/h4-6,8H,14H2,1-3H3. The minimum absolute atomic E-state index is 0.104. The SMILES string of the molecule is Cc1cccc(-n2nnc(C(C)N)c2C)c1Br. The maximum atomic E-state index is 5.85. The molecule has 0 fully saturated rings. The van der Waals surface area contributed by atoms with Gasteiger partial charge in [0.05, 0.1) is 11.4 Å². The summed E-state index contributed by atoms with van der Waals surface area (Å²) in [7, 11) is 0. The Morgan fingerprint density at radius 2 is 2.06 bits per heavy atom. The van der Waals surface area contributed by atoms with Gasteiger partial charge in [0.1, 0.15) is 5.69 Å². The number of rotatable bonds is 2. The lowest BCUT2D eigenvalue weighted by molar-refractivity contribution is 0.755. The number of halogens is 1. The molecule has 2 aromatic rings. The van der Waals surface area contributed by atoms with Crippen LogP contribution in [0.3, 0.4) is 0 Å². The molecule has 1 atom stereocenters. The molecule has 0 amide bonds. The highest BCUT2D eigenvalue weighted by molar-refractivity contribution is 9.10. The fraction of sp³-hybridized carbons (Fsp3) is 0.333. The van der Waals surface area contributed by atoms with Crippen LogP contribution in [0.25, 0.3) is 5.69 Å². The van der Waals surface area contributed by atoms with Crippen molar-refractivity contribution < 1.29 is 0 Å². The summed E-state index contributed by atoms with van der Waals surface area (Å²) in [5.74, 6) is 0. The number of benzene rings is 1. The van der Waals surface area contributed by atoms with Gasteiger partial charge < -0.3 is 5.73 Å². The van der Waals surface area contributed by atoms with Crippen molar-refractivity contribution in [3.63, 3.8) is 0 Å². The molecule has 0 saturated heterocycles. The van der Waals surface area contributed by atoms with Crippen LogP contribution in [-0.4, -0.2) is 15.0 Å². The van der Waals surface area contributed by atoms with Gasteiger partial charge in [0, 0.05) is 10.5 Å². The molecule has 5 heteroatoms. The van der Waals surface area contributed by atoms with Crippen molar-refractivity contribution in [1.29, 1.82) is 0 Å². The summed E-state index contributed by atoms with van der Waals surface area (Å²) in [5.41, 5.74) is 9.81. The molecular formula is C12H15BrN4. The lowest BCUT2D eigenvalue weighted by Gasteiger charge is -2.09. The van der Waals surface area contributed by atoms with Crippen LogP contribution in [0, 0.1) is 13.8 Å². The molecule has 17 heavy (non-hydrogen) atoms. The van der Waals surface area contributed by atoms with Crippen LogP contribution in [0.4, 0.5) is 0 Å². The van der Waals surface area contributed by atoms with E-state index < -0.39 is 0 Å². The van der Waals surface area contributed by atoms with E-state index in [0.29, 0.717) is 0 Å². The van der Waals surface area contributed by atoms with E-state index in [0.717, 1.165) is 21.5 Å². The summed E-state index contributed by atoms with van der Waals surface area (Å²) in [6.45, 7) is 5.94. The van der Waals surface area contributed by atoms with E-state index in [9.17, 15) is 0 Å². The summed E-state index contributed by atoms with van der Waals surface area (Å²) in [5, 5.41) is 8.30. The van der Waals surface area contributed by atoms with Crippen LogP contribution in [0.1, 0.15) is 29.9 Å². The molecule has 0 aliphatic rings. The van der Waals surface area contributed by atoms with Crippen LogP contribution < -0.4 is 5.73 Å². The number of hydrogen-bond acceptors (Lipinski definition) is 3. The van der Waals surface area contributed by atoms with Crippen LogP contribution in [-0.2, 0) is 0 Å². The molecule has 2 N–H and O–H groups in total. The van der Waals surface area contributed by atoms with Gasteiger partial charge in [-0.1, -0.05) is 17.3 Å². The molecule has 0 saturated carbocycles. The quantitative estimate of drug-likeness (QED) is 0.926. The molecule has 1 heterocycles. The molecule has 1 aromatic carbocycles. The van der Waals surface area contributed by atoms with Crippen LogP contribution in [0.15, 0.2) is 22.7 Å². The Bertz CT molecular complexity index is 545. The van der Waals surface area contributed by atoms with Crippen molar-refractivity contribution >= 4 is 15.9 Å². The fourth-order valence-corrected chi connectivity index (χ4v) is 2.22. The predicted molar refractivity (Wildman–Crippen MR) is 71.1 cm³/mol. The second-order valence-corrected chi connectivity index (χ2v) is 4.96. The largest absolute Gasteiger partial charge is 0.323 e. The Hall–Kier alpha value is -1.20. The van der Waals surface area contributed by atoms with Gasteiger partial charge in [0.2, 0.25) is 0 Å². The van der Waals surface area contributed by atoms with E-state index in [1.54, 1.807) is 0 Å². The van der Waals surface area contributed by atoms with Crippen LogP contribution in [0.2, 0.25) is 0 Å². The molecule has 0 bridgehead atoms. The number of aryl methyl sites for hydroxylation is 1. The van der Waals surface area contributed by atoms with Gasteiger partial charge in [0.25, 0.3) is 0 Å². The Labute approximate surface area is 109 Å². The van der Waals surface area contributed by atoms with E-state index in [2.05, 4.69) is 26.2 Å². The van der Waals surface area contributed by atoms with Crippen LogP contribution >= 0.6 is 15.9 Å². The van der Waals surface area contributed by atoms with Crippen molar-refractivity contribution in [3.05, 3.63) is 39.6 Å². The smallest absolute Gasteiger partial charge is 0.102 e. The third-order valence-electron chi connectivity index (χ3n) is 2.76. The lowest BCUT2D eigenvalue weighted by Crippen LogP contribution is -2.08. The molecular weight excluding hydrogens is 280 g/mol. The van der Waals surface area contributed by atoms with Crippen molar-refractivity contribution in [3.8, 4) is 5.69 Å². The predicted octanol–water partition coefficient (Wildman–Crippen LogP) is 2.67. The minimum atomic E-state index is -0.104. The number of nitrogens with zero attached hydrogens (tertiary/aromatic N) is 3. The maximum Gasteiger partial charge on any atom is 0.102 e. The average molecular weight is 295 g/mol. The second-order valence-electron chi connectivity index (χ2n) is 4.17. The van der Waals surface area contributed by atoms with Crippen molar-refractivity contribution in [2.45, 2.75) is 26.8 Å². The second kappa shape index (κ2) is 4.58. The summed E-state index contributed by atoms with van der Waals surface area (Å²) >= 11 is 3.58. The van der Waals surface area contributed by atoms with Gasteiger partial charge in [-0.05, 0) is 48.3 Å². The van der Waals surface area contributed by atoms with Crippen molar-refractivity contribution in [2.24, 2.45) is 5.73 Å². The monoisotopic (exact) mass is 294 g/mol. The summed E-state index contributed by atoms with van der Waals surface area (Å²) in [4.78, 5) is 0. The van der Waals surface area contributed by atoms with E-state index in [1.165, 1.54) is 5.56 Å². The molecule has 4 nitrogen and oxygen atoms in total. The first-order valence-electron chi connectivity index (χ1n) is 5.45. The molecule has 1 aromatic heterocycles. The van der Waals surface area contributed by atoms with E-state index in [4.69, 9.17) is 5.73 Å². The number of hydrogen-bond donors (Lipinski definition) is 1. The Kier molecular flexibility index (Phi) is 3.31. The van der Waals surface area contributed by atoms with Crippen LogP contribution in [0.5, 0.6) is 0 Å². The zero-order valence-electron chi connectivity index (χ0n) is 10.1. The Morgan fingerprint density at radius 1 is 1.35 bits per heavy atom. The number of aromatic nitrogens is 3. The summed E-state index contributed by atoms with van der Waals surface area (Å²) < 4.78 is 2.85. The third kappa shape index (κ3) is 2.12. The third-order valence-corrected chi connectivity index (χ3v) is 3.79. The zero-order chi connectivity index (χ0) is 12.6. The van der Waals surface area contributed by atoms with E-state index in [-0.39, 0.29) is 6.04 Å². The lowest BCUT2D eigenvalue weighted by atomic mass is 10.2. The first-order valence-corrected chi connectivity index (χ1v) is 6.25. The van der Waals surface area contributed by atoms with Gasteiger partial charge in [0.15, 0.2) is 0 Å². The van der Waals surface area contributed by atoms with Crippen molar-refractivity contribution in [2.75, 3.05) is 0 Å².